The van der Waals surface area contributed by atoms with Crippen molar-refractivity contribution in [3.63, 3.8) is 0 Å². The van der Waals surface area contributed by atoms with Crippen molar-refractivity contribution in [3.8, 4) is 0 Å². The van der Waals surface area contributed by atoms with Crippen molar-refractivity contribution in [1.29, 1.82) is 0 Å². The Morgan fingerprint density at radius 2 is 1.79 bits per heavy atom. The lowest BCUT2D eigenvalue weighted by Crippen LogP contribution is -2.29. The van der Waals surface area contributed by atoms with Gasteiger partial charge in [0, 0.05) is 30.0 Å². The highest BCUT2D eigenvalue weighted by molar-refractivity contribution is 6.07. The molecule has 0 spiro atoms. The molecule has 0 aromatic heterocycles. The third kappa shape index (κ3) is 4.29. The van der Waals surface area contributed by atoms with E-state index in [1.54, 1.807) is 0 Å². The van der Waals surface area contributed by atoms with Crippen LogP contribution >= 0.6 is 0 Å². The summed E-state index contributed by atoms with van der Waals surface area (Å²) < 4.78 is 0. The number of carbonyl (C=O) groups is 2. The van der Waals surface area contributed by atoms with Crippen LogP contribution in [0.25, 0.3) is 0 Å². The summed E-state index contributed by atoms with van der Waals surface area (Å²) in [6.07, 6.45) is 0.842. The van der Waals surface area contributed by atoms with Crippen LogP contribution in [0.3, 0.4) is 0 Å². The molecule has 0 saturated heterocycles. The first-order valence-electron chi connectivity index (χ1n) is 9.70. The zero-order chi connectivity index (χ0) is 20.2. The van der Waals surface area contributed by atoms with Crippen molar-refractivity contribution in [2.75, 3.05) is 16.8 Å². The molecular formula is C24H23N3O2. The third-order valence-electron chi connectivity index (χ3n) is 5.04. The fourth-order valence-corrected chi connectivity index (χ4v) is 3.56. The van der Waals surface area contributed by atoms with Crippen LogP contribution in [0.4, 0.5) is 16.2 Å². The standard InChI is InChI=1S/C24H23N3O2/c1-17-6-5-7-20(14-17)23(28)27-13-12-19-11-10-18(15-22(19)27)16-25-24(29)26-21-8-3-2-4-9-21/h2-11,14-15H,12-13,16H2,1H3,(H2,25,26,29). The van der Waals surface area contributed by atoms with Gasteiger partial charge < -0.3 is 15.5 Å². The van der Waals surface area contributed by atoms with Gasteiger partial charge in [0.1, 0.15) is 0 Å². The number of nitrogens with zero attached hydrogens (tertiary/aromatic N) is 1. The van der Waals surface area contributed by atoms with Crippen molar-refractivity contribution in [2.45, 2.75) is 19.9 Å². The van der Waals surface area contributed by atoms with Crippen LogP contribution < -0.4 is 15.5 Å². The Morgan fingerprint density at radius 3 is 2.59 bits per heavy atom. The first kappa shape index (κ1) is 18.7. The summed E-state index contributed by atoms with van der Waals surface area (Å²) in [6.45, 7) is 3.05. The fourth-order valence-electron chi connectivity index (χ4n) is 3.56. The third-order valence-corrected chi connectivity index (χ3v) is 5.04. The molecule has 0 bridgehead atoms. The van der Waals surface area contributed by atoms with E-state index in [0.29, 0.717) is 18.7 Å². The van der Waals surface area contributed by atoms with Gasteiger partial charge in [-0.3, -0.25) is 4.79 Å². The summed E-state index contributed by atoms with van der Waals surface area (Å²) in [5, 5.41) is 5.67. The zero-order valence-electron chi connectivity index (χ0n) is 16.3. The number of hydrogen-bond donors (Lipinski definition) is 2. The van der Waals surface area contributed by atoms with Gasteiger partial charge in [0.15, 0.2) is 0 Å². The Kier molecular flexibility index (Phi) is 5.29. The van der Waals surface area contributed by atoms with Gasteiger partial charge in [-0.15, -0.1) is 0 Å². The van der Waals surface area contributed by atoms with Crippen LogP contribution in [0.5, 0.6) is 0 Å². The van der Waals surface area contributed by atoms with Gasteiger partial charge in [0.25, 0.3) is 5.91 Å². The fraction of sp³-hybridized carbons (Fsp3) is 0.167. The average Bonchev–Trinajstić information content (AvgIpc) is 3.16. The van der Waals surface area contributed by atoms with E-state index in [-0.39, 0.29) is 11.9 Å². The molecule has 0 atom stereocenters. The summed E-state index contributed by atoms with van der Waals surface area (Å²) in [5.74, 6) is 0.0133. The lowest BCUT2D eigenvalue weighted by Gasteiger charge is -2.18. The largest absolute Gasteiger partial charge is 0.334 e. The average molecular weight is 385 g/mol. The number of fused-ring (bicyclic) bond motifs is 1. The Bertz CT molecular complexity index is 1050. The number of para-hydroxylation sites is 1. The number of amides is 3. The minimum Gasteiger partial charge on any atom is -0.334 e. The van der Waals surface area contributed by atoms with E-state index in [4.69, 9.17) is 0 Å². The quantitative estimate of drug-likeness (QED) is 0.694. The van der Waals surface area contributed by atoms with E-state index in [1.807, 2.05) is 84.6 Å². The molecule has 2 N–H and O–H groups in total. The molecule has 5 heteroatoms. The van der Waals surface area contributed by atoms with Crippen LogP contribution in [0.2, 0.25) is 0 Å². The number of rotatable bonds is 4. The molecule has 3 aromatic rings. The lowest BCUT2D eigenvalue weighted by atomic mass is 10.1. The van der Waals surface area contributed by atoms with Gasteiger partial charge >= 0.3 is 6.03 Å². The molecule has 3 amide bonds. The predicted octanol–water partition coefficient (Wildman–Crippen LogP) is 4.52. The van der Waals surface area contributed by atoms with Crippen LogP contribution in [-0.2, 0) is 13.0 Å². The zero-order valence-corrected chi connectivity index (χ0v) is 16.3. The van der Waals surface area contributed by atoms with Crippen LogP contribution in [-0.4, -0.2) is 18.5 Å². The van der Waals surface area contributed by atoms with Gasteiger partial charge in [-0.05, 0) is 54.8 Å². The van der Waals surface area contributed by atoms with Crippen LogP contribution in [0, 0.1) is 6.92 Å². The summed E-state index contributed by atoms with van der Waals surface area (Å²) in [6, 6.07) is 22.8. The van der Waals surface area contributed by atoms with E-state index >= 15 is 0 Å². The number of hydrogen-bond acceptors (Lipinski definition) is 2. The van der Waals surface area contributed by atoms with Gasteiger partial charge in [-0.1, -0.05) is 48.0 Å². The molecule has 5 nitrogen and oxygen atoms in total. The predicted molar refractivity (Wildman–Crippen MR) is 115 cm³/mol. The summed E-state index contributed by atoms with van der Waals surface area (Å²) in [5.41, 5.74) is 5.55. The van der Waals surface area contributed by atoms with E-state index in [9.17, 15) is 9.59 Å². The van der Waals surface area contributed by atoms with E-state index in [0.717, 1.165) is 34.5 Å². The monoisotopic (exact) mass is 385 g/mol. The first-order valence-corrected chi connectivity index (χ1v) is 9.70. The number of nitrogens with one attached hydrogen (secondary N) is 2. The minimum absolute atomic E-state index is 0.0133. The lowest BCUT2D eigenvalue weighted by molar-refractivity contribution is 0.0989. The van der Waals surface area contributed by atoms with Crippen molar-refractivity contribution >= 4 is 23.3 Å². The molecule has 0 aliphatic carbocycles. The second-order valence-corrected chi connectivity index (χ2v) is 7.21. The molecule has 3 aromatic carbocycles. The van der Waals surface area contributed by atoms with Gasteiger partial charge in [-0.25, -0.2) is 4.79 Å². The Balaban J connectivity index is 1.44. The molecule has 0 radical (unpaired) electrons. The number of aryl methyl sites for hydroxylation is 1. The molecule has 1 aliphatic rings. The second-order valence-electron chi connectivity index (χ2n) is 7.21. The highest BCUT2D eigenvalue weighted by atomic mass is 16.2. The van der Waals surface area contributed by atoms with Crippen molar-refractivity contribution in [1.82, 2.24) is 5.32 Å². The number of benzene rings is 3. The van der Waals surface area contributed by atoms with Crippen LogP contribution in [0.1, 0.15) is 27.0 Å². The van der Waals surface area contributed by atoms with Crippen molar-refractivity contribution in [3.05, 3.63) is 95.1 Å². The smallest absolute Gasteiger partial charge is 0.319 e. The van der Waals surface area contributed by atoms with Gasteiger partial charge in [-0.2, -0.15) is 0 Å². The molecule has 0 saturated carbocycles. The molecule has 0 unspecified atom stereocenters. The van der Waals surface area contributed by atoms with Crippen molar-refractivity contribution in [2.24, 2.45) is 0 Å². The Morgan fingerprint density at radius 1 is 0.966 bits per heavy atom. The molecule has 0 fully saturated rings. The van der Waals surface area contributed by atoms with E-state index < -0.39 is 0 Å². The molecule has 1 aliphatic heterocycles. The normalized spacial score (nSPS) is 12.4. The molecule has 4 rings (SSSR count). The SMILES string of the molecule is Cc1cccc(C(=O)N2CCc3ccc(CNC(=O)Nc4ccccc4)cc32)c1. The Hall–Kier alpha value is -3.60. The maximum atomic E-state index is 13.0. The number of anilines is 2. The maximum Gasteiger partial charge on any atom is 0.319 e. The maximum absolute atomic E-state index is 13.0. The van der Waals surface area contributed by atoms with Crippen molar-refractivity contribution < 1.29 is 9.59 Å². The van der Waals surface area contributed by atoms with E-state index in [2.05, 4.69) is 10.6 Å². The van der Waals surface area contributed by atoms with E-state index in [1.165, 1.54) is 0 Å². The summed E-state index contributed by atoms with van der Waals surface area (Å²) in [4.78, 5) is 26.9. The van der Waals surface area contributed by atoms with Gasteiger partial charge in [0.2, 0.25) is 0 Å². The number of urea groups is 1. The first-order chi connectivity index (χ1) is 14.1. The topological polar surface area (TPSA) is 61.4 Å². The highest BCUT2D eigenvalue weighted by Crippen LogP contribution is 2.30. The summed E-state index contributed by atoms with van der Waals surface area (Å²) in [7, 11) is 0. The minimum atomic E-state index is -0.260. The summed E-state index contributed by atoms with van der Waals surface area (Å²) >= 11 is 0. The molecule has 146 valence electrons. The Labute approximate surface area is 170 Å². The van der Waals surface area contributed by atoms with Gasteiger partial charge in [0.05, 0.1) is 0 Å². The van der Waals surface area contributed by atoms with Crippen LogP contribution in [0.15, 0.2) is 72.8 Å². The molecule has 29 heavy (non-hydrogen) atoms. The highest BCUT2D eigenvalue weighted by Gasteiger charge is 2.25. The molecular weight excluding hydrogens is 362 g/mol. The molecule has 1 heterocycles. The number of carbonyl (C=O) groups excluding carboxylic acids is 2. The second kappa shape index (κ2) is 8.19.